The lowest BCUT2D eigenvalue weighted by Gasteiger charge is -2.04. The molecule has 2 aromatic rings. The molecule has 1 aromatic carbocycles. The van der Waals surface area contributed by atoms with Gasteiger partial charge in [0.2, 0.25) is 5.89 Å². The molecule has 0 aliphatic heterocycles. The van der Waals surface area contributed by atoms with Crippen LogP contribution < -0.4 is 10.1 Å². The molecule has 1 heterocycles. The van der Waals surface area contributed by atoms with Gasteiger partial charge in [-0.2, -0.15) is 0 Å². The zero-order valence-corrected chi connectivity index (χ0v) is 11.3. The van der Waals surface area contributed by atoms with Crippen LogP contribution >= 0.6 is 11.6 Å². The zero-order chi connectivity index (χ0) is 13.2. The van der Waals surface area contributed by atoms with E-state index in [1.165, 1.54) is 12.8 Å². The van der Waals surface area contributed by atoms with Crippen LogP contribution in [0.1, 0.15) is 18.7 Å². The molecule has 1 aliphatic carbocycles. The van der Waals surface area contributed by atoms with Crippen LogP contribution in [0.15, 0.2) is 22.6 Å². The molecule has 6 heteroatoms. The van der Waals surface area contributed by atoms with Crippen LogP contribution in [-0.4, -0.2) is 23.3 Å². The number of nitrogens with one attached hydrogen (secondary N) is 1. The number of benzene rings is 1. The van der Waals surface area contributed by atoms with Crippen molar-refractivity contribution in [3.05, 3.63) is 29.1 Å². The summed E-state index contributed by atoms with van der Waals surface area (Å²) in [6.45, 7) is 0.605. The van der Waals surface area contributed by atoms with Crippen molar-refractivity contribution in [2.75, 3.05) is 7.11 Å². The predicted molar refractivity (Wildman–Crippen MR) is 71.2 cm³/mol. The molecule has 0 spiro atoms. The Kier molecular flexibility index (Phi) is 3.40. The lowest BCUT2D eigenvalue weighted by molar-refractivity contribution is 0.413. The van der Waals surface area contributed by atoms with Gasteiger partial charge in [0, 0.05) is 11.1 Å². The van der Waals surface area contributed by atoms with Crippen LogP contribution in [0, 0.1) is 0 Å². The van der Waals surface area contributed by atoms with Crippen LogP contribution in [0.4, 0.5) is 0 Å². The van der Waals surface area contributed by atoms with Crippen LogP contribution in [0.5, 0.6) is 5.75 Å². The Bertz CT molecular complexity index is 581. The maximum Gasteiger partial charge on any atom is 0.251 e. The molecule has 0 radical (unpaired) electrons. The molecule has 0 bridgehead atoms. The number of ether oxygens (including phenoxy) is 1. The van der Waals surface area contributed by atoms with E-state index in [9.17, 15) is 0 Å². The molecule has 1 N–H and O–H groups in total. The first-order chi connectivity index (χ1) is 9.26. The monoisotopic (exact) mass is 279 g/mol. The summed E-state index contributed by atoms with van der Waals surface area (Å²) in [5.41, 5.74) is 0.747. The van der Waals surface area contributed by atoms with Crippen molar-refractivity contribution >= 4 is 11.6 Å². The summed E-state index contributed by atoms with van der Waals surface area (Å²) in [5.74, 6) is 1.65. The Morgan fingerprint density at radius 1 is 1.42 bits per heavy atom. The van der Waals surface area contributed by atoms with Gasteiger partial charge in [0.15, 0.2) is 0 Å². The molecule has 1 fully saturated rings. The highest BCUT2D eigenvalue weighted by molar-refractivity contribution is 6.30. The third-order valence-corrected chi connectivity index (χ3v) is 3.22. The fourth-order valence-electron chi connectivity index (χ4n) is 1.79. The third-order valence-electron chi connectivity index (χ3n) is 2.98. The summed E-state index contributed by atoms with van der Waals surface area (Å²) < 4.78 is 10.9. The minimum Gasteiger partial charge on any atom is -0.496 e. The molecule has 5 nitrogen and oxygen atoms in total. The van der Waals surface area contributed by atoms with Crippen LogP contribution in [0.2, 0.25) is 5.02 Å². The highest BCUT2D eigenvalue weighted by atomic mass is 35.5. The Morgan fingerprint density at radius 3 is 3.00 bits per heavy atom. The van der Waals surface area contributed by atoms with Crippen LogP contribution in [0.3, 0.4) is 0 Å². The summed E-state index contributed by atoms with van der Waals surface area (Å²) in [6.07, 6.45) is 2.46. The second-order valence-corrected chi connectivity index (χ2v) is 4.94. The normalized spacial score (nSPS) is 14.6. The topological polar surface area (TPSA) is 60.2 Å². The van der Waals surface area contributed by atoms with E-state index in [0.29, 0.717) is 35.1 Å². The maximum absolute atomic E-state index is 5.92. The molecule has 1 aliphatic rings. The molecule has 1 saturated carbocycles. The average molecular weight is 280 g/mol. The van der Waals surface area contributed by atoms with Crippen molar-refractivity contribution < 1.29 is 9.15 Å². The van der Waals surface area contributed by atoms with Gasteiger partial charge >= 0.3 is 0 Å². The quantitative estimate of drug-likeness (QED) is 0.912. The van der Waals surface area contributed by atoms with Crippen molar-refractivity contribution in [1.29, 1.82) is 0 Å². The third kappa shape index (κ3) is 2.88. The number of halogens is 1. The SMILES string of the molecule is COc1cc(Cl)ccc1-c1nnc(CNC2CC2)o1. The van der Waals surface area contributed by atoms with Crippen molar-refractivity contribution in [3.63, 3.8) is 0 Å². The number of methoxy groups -OCH3 is 1. The summed E-state index contributed by atoms with van der Waals surface area (Å²) >= 11 is 5.92. The molecule has 0 amide bonds. The van der Waals surface area contributed by atoms with Crippen LogP contribution in [0.25, 0.3) is 11.5 Å². The lowest BCUT2D eigenvalue weighted by atomic mass is 10.2. The molecule has 0 saturated heterocycles. The van der Waals surface area contributed by atoms with E-state index in [2.05, 4.69) is 15.5 Å². The summed E-state index contributed by atoms with van der Waals surface area (Å²) in [5, 5.41) is 12.0. The van der Waals surface area contributed by atoms with Gasteiger partial charge < -0.3 is 14.5 Å². The lowest BCUT2D eigenvalue weighted by Crippen LogP contribution is -2.15. The Balaban J connectivity index is 1.80. The van der Waals surface area contributed by atoms with E-state index in [-0.39, 0.29) is 0 Å². The molecule has 1 aromatic heterocycles. The highest BCUT2D eigenvalue weighted by Gasteiger charge is 2.21. The molecule has 19 heavy (non-hydrogen) atoms. The molecule has 0 atom stereocenters. The largest absolute Gasteiger partial charge is 0.496 e. The number of aromatic nitrogens is 2. The number of rotatable bonds is 5. The Labute approximate surface area is 115 Å². The van der Waals surface area contributed by atoms with Crippen molar-refractivity contribution in [1.82, 2.24) is 15.5 Å². The first kappa shape index (κ1) is 12.4. The minimum atomic E-state index is 0.445. The summed E-state index contributed by atoms with van der Waals surface area (Å²) in [7, 11) is 1.58. The Hall–Kier alpha value is -1.59. The van der Waals surface area contributed by atoms with Gasteiger partial charge in [0.1, 0.15) is 5.75 Å². The van der Waals surface area contributed by atoms with E-state index >= 15 is 0 Å². The zero-order valence-electron chi connectivity index (χ0n) is 10.5. The molecule has 3 rings (SSSR count). The number of nitrogens with zero attached hydrogens (tertiary/aromatic N) is 2. The summed E-state index contributed by atoms with van der Waals surface area (Å²) in [6, 6.07) is 5.92. The van der Waals surface area contributed by atoms with E-state index in [4.69, 9.17) is 20.8 Å². The van der Waals surface area contributed by atoms with Gasteiger partial charge in [-0.25, -0.2) is 0 Å². The van der Waals surface area contributed by atoms with Gasteiger partial charge in [0.05, 0.1) is 19.2 Å². The van der Waals surface area contributed by atoms with E-state index in [0.717, 1.165) is 5.56 Å². The maximum atomic E-state index is 5.92. The first-order valence-corrected chi connectivity index (χ1v) is 6.54. The second-order valence-electron chi connectivity index (χ2n) is 4.50. The molecular formula is C13H14ClN3O2. The Morgan fingerprint density at radius 2 is 2.26 bits per heavy atom. The molecule has 0 unspecified atom stereocenters. The smallest absolute Gasteiger partial charge is 0.251 e. The van der Waals surface area contributed by atoms with Crippen molar-refractivity contribution in [3.8, 4) is 17.2 Å². The van der Waals surface area contributed by atoms with Crippen LogP contribution in [-0.2, 0) is 6.54 Å². The van der Waals surface area contributed by atoms with E-state index < -0.39 is 0 Å². The minimum absolute atomic E-state index is 0.445. The van der Waals surface area contributed by atoms with Crippen molar-refractivity contribution in [2.45, 2.75) is 25.4 Å². The van der Waals surface area contributed by atoms with Crippen molar-refractivity contribution in [2.24, 2.45) is 0 Å². The van der Waals surface area contributed by atoms with Gasteiger partial charge in [0.25, 0.3) is 5.89 Å². The second kappa shape index (κ2) is 5.19. The fraction of sp³-hybridized carbons (Fsp3) is 0.385. The van der Waals surface area contributed by atoms with Gasteiger partial charge in [-0.3, -0.25) is 0 Å². The van der Waals surface area contributed by atoms with Gasteiger partial charge in [-0.1, -0.05) is 11.6 Å². The first-order valence-electron chi connectivity index (χ1n) is 6.16. The molecular weight excluding hydrogens is 266 g/mol. The van der Waals surface area contributed by atoms with Gasteiger partial charge in [-0.15, -0.1) is 10.2 Å². The fourth-order valence-corrected chi connectivity index (χ4v) is 1.96. The van der Waals surface area contributed by atoms with Gasteiger partial charge in [-0.05, 0) is 31.0 Å². The highest BCUT2D eigenvalue weighted by Crippen LogP contribution is 2.31. The van der Waals surface area contributed by atoms with E-state index in [1.807, 2.05) is 6.07 Å². The molecule has 100 valence electrons. The number of hydrogen-bond acceptors (Lipinski definition) is 5. The summed E-state index contributed by atoms with van der Waals surface area (Å²) in [4.78, 5) is 0. The average Bonchev–Trinajstić information content (AvgIpc) is 3.14. The predicted octanol–water partition coefficient (Wildman–Crippen LogP) is 2.65. The number of hydrogen-bond donors (Lipinski definition) is 1. The standard InChI is InChI=1S/C13H14ClN3O2/c1-18-11-6-8(14)2-5-10(11)13-17-16-12(19-13)7-15-9-3-4-9/h2,5-6,9,15H,3-4,7H2,1H3. The van der Waals surface area contributed by atoms with E-state index in [1.54, 1.807) is 19.2 Å².